The van der Waals surface area contributed by atoms with E-state index in [1.807, 2.05) is 0 Å². The fourth-order valence-electron chi connectivity index (χ4n) is 3.21. The first-order valence-electron chi connectivity index (χ1n) is 8.66. The van der Waals surface area contributed by atoms with Crippen LogP contribution in [-0.4, -0.2) is 23.3 Å². The summed E-state index contributed by atoms with van der Waals surface area (Å²) in [5, 5.41) is 11.8. The molecule has 0 aliphatic carbocycles. The number of hydrogen-bond donors (Lipinski definition) is 2. The third-order valence-corrected chi connectivity index (χ3v) is 4.87. The topological polar surface area (TPSA) is 109 Å². The highest BCUT2D eigenvalue weighted by Crippen LogP contribution is 2.28. The van der Waals surface area contributed by atoms with Crippen LogP contribution in [-0.2, 0) is 0 Å². The Morgan fingerprint density at radius 2 is 1.90 bits per heavy atom. The van der Waals surface area contributed by atoms with Gasteiger partial charge in [-0.05, 0) is 47.2 Å². The van der Waals surface area contributed by atoms with Gasteiger partial charge in [0.2, 0.25) is 5.78 Å². The van der Waals surface area contributed by atoms with E-state index in [-0.39, 0.29) is 23.7 Å². The van der Waals surface area contributed by atoms with Crippen LogP contribution in [0.15, 0.2) is 54.7 Å². The van der Waals surface area contributed by atoms with E-state index in [2.05, 4.69) is 11.1 Å². The minimum Gasteiger partial charge on any atom is -0.485 e. The maximum atomic E-state index is 12.7. The Hall–Kier alpha value is -3.82. The summed E-state index contributed by atoms with van der Waals surface area (Å²) in [6, 6.07) is 15.6. The number of halogens is 1. The standard InChI is InChI=1S/C22H14ClN3O3/c23-15-3-2-13-8-21(17(22(25)28)7-14(13)6-15)29-11-20(27)18-10-26-19-5-12(9-24)1-4-16(18)19/h1-8,10,26H,11H2,(H2,25,28). The lowest BCUT2D eigenvalue weighted by Crippen LogP contribution is -2.16. The first kappa shape index (κ1) is 18.5. The van der Waals surface area contributed by atoms with Crippen LogP contribution >= 0.6 is 11.6 Å². The maximum Gasteiger partial charge on any atom is 0.252 e. The van der Waals surface area contributed by atoms with Crippen molar-refractivity contribution in [1.29, 1.82) is 5.26 Å². The van der Waals surface area contributed by atoms with E-state index >= 15 is 0 Å². The van der Waals surface area contributed by atoms with Crippen LogP contribution in [0.5, 0.6) is 5.75 Å². The van der Waals surface area contributed by atoms with Crippen molar-refractivity contribution in [3.05, 3.63) is 76.4 Å². The molecule has 0 saturated carbocycles. The largest absolute Gasteiger partial charge is 0.485 e. The number of nitrogens with one attached hydrogen (secondary N) is 1. The number of amides is 1. The van der Waals surface area contributed by atoms with Crippen molar-refractivity contribution in [2.45, 2.75) is 0 Å². The number of primary amides is 1. The number of H-pyrrole nitrogens is 1. The minimum absolute atomic E-state index is 0.171. The first-order valence-corrected chi connectivity index (χ1v) is 9.04. The molecule has 0 radical (unpaired) electrons. The van der Waals surface area contributed by atoms with Crippen LogP contribution in [0.4, 0.5) is 0 Å². The Kier molecular flexibility index (Phi) is 4.67. The van der Waals surface area contributed by atoms with E-state index in [1.165, 1.54) is 0 Å². The van der Waals surface area contributed by atoms with Gasteiger partial charge in [0.25, 0.3) is 5.91 Å². The van der Waals surface area contributed by atoms with Crippen LogP contribution in [0.3, 0.4) is 0 Å². The SMILES string of the molecule is N#Cc1ccc2c(C(=O)COc3cc4ccc(Cl)cc4cc3C(N)=O)c[nH]c2c1. The van der Waals surface area contributed by atoms with Crippen molar-refractivity contribution in [2.24, 2.45) is 5.73 Å². The van der Waals surface area contributed by atoms with Crippen molar-refractivity contribution in [1.82, 2.24) is 4.98 Å². The van der Waals surface area contributed by atoms with Gasteiger partial charge in [-0.1, -0.05) is 23.7 Å². The molecular weight excluding hydrogens is 390 g/mol. The molecule has 7 heteroatoms. The van der Waals surface area contributed by atoms with Gasteiger partial charge >= 0.3 is 0 Å². The molecule has 1 aromatic heterocycles. The molecule has 3 N–H and O–H groups in total. The van der Waals surface area contributed by atoms with E-state index in [9.17, 15) is 9.59 Å². The van der Waals surface area contributed by atoms with Crippen LogP contribution in [0.2, 0.25) is 5.02 Å². The second kappa shape index (κ2) is 7.30. The zero-order valence-corrected chi connectivity index (χ0v) is 15.8. The normalized spacial score (nSPS) is 10.8. The number of Topliss-reactive ketones (excluding diaryl/α,β-unsaturated/α-hetero) is 1. The van der Waals surface area contributed by atoms with Gasteiger partial charge in [-0.15, -0.1) is 0 Å². The van der Waals surface area contributed by atoms with Gasteiger partial charge in [0.1, 0.15) is 5.75 Å². The summed E-state index contributed by atoms with van der Waals surface area (Å²) in [6.07, 6.45) is 1.58. The number of aromatic nitrogens is 1. The Balaban J connectivity index is 1.63. The van der Waals surface area contributed by atoms with E-state index in [1.54, 1.807) is 54.7 Å². The number of ether oxygens (including phenoxy) is 1. The van der Waals surface area contributed by atoms with Crippen molar-refractivity contribution >= 4 is 45.0 Å². The number of nitrogens with zero attached hydrogens (tertiary/aromatic N) is 1. The molecule has 6 nitrogen and oxygen atoms in total. The average Bonchev–Trinajstić information content (AvgIpc) is 3.14. The highest BCUT2D eigenvalue weighted by molar-refractivity contribution is 6.31. The molecule has 4 aromatic rings. The van der Waals surface area contributed by atoms with Crippen LogP contribution in [0.1, 0.15) is 26.3 Å². The van der Waals surface area contributed by atoms with Gasteiger partial charge in [0.15, 0.2) is 6.61 Å². The number of carbonyl (C=O) groups is 2. The molecule has 0 unspecified atom stereocenters. The van der Waals surface area contributed by atoms with Gasteiger partial charge in [-0.2, -0.15) is 5.26 Å². The molecule has 0 bridgehead atoms. The predicted octanol–water partition coefficient (Wildman–Crippen LogP) is 4.21. The lowest BCUT2D eigenvalue weighted by Gasteiger charge is -2.11. The molecule has 0 aliphatic rings. The highest BCUT2D eigenvalue weighted by Gasteiger charge is 2.16. The molecule has 0 aliphatic heterocycles. The summed E-state index contributed by atoms with van der Waals surface area (Å²) in [5.41, 5.74) is 7.28. The molecule has 0 spiro atoms. The number of hydrogen-bond acceptors (Lipinski definition) is 4. The lowest BCUT2D eigenvalue weighted by molar-refractivity contribution is 0.0914. The number of nitriles is 1. The van der Waals surface area contributed by atoms with Gasteiger partial charge < -0.3 is 15.5 Å². The number of rotatable bonds is 5. The highest BCUT2D eigenvalue weighted by atomic mass is 35.5. The summed E-state index contributed by atoms with van der Waals surface area (Å²) in [7, 11) is 0. The molecule has 0 saturated heterocycles. The fourth-order valence-corrected chi connectivity index (χ4v) is 3.39. The third-order valence-electron chi connectivity index (χ3n) is 4.64. The molecule has 0 atom stereocenters. The zero-order valence-electron chi connectivity index (χ0n) is 15.0. The molecule has 142 valence electrons. The number of nitrogens with two attached hydrogens (primary N) is 1. The number of benzene rings is 3. The fraction of sp³-hybridized carbons (Fsp3) is 0.0455. The number of ketones is 1. The van der Waals surface area contributed by atoms with E-state index in [4.69, 9.17) is 27.3 Å². The summed E-state index contributed by atoms with van der Waals surface area (Å²) in [5.74, 6) is -0.703. The zero-order chi connectivity index (χ0) is 20.5. The maximum absolute atomic E-state index is 12.7. The molecule has 4 rings (SSSR count). The van der Waals surface area contributed by atoms with E-state index < -0.39 is 5.91 Å². The summed E-state index contributed by atoms with van der Waals surface area (Å²) < 4.78 is 5.67. The van der Waals surface area contributed by atoms with Gasteiger partial charge in [-0.3, -0.25) is 9.59 Å². The summed E-state index contributed by atoms with van der Waals surface area (Å²) in [4.78, 5) is 27.5. The smallest absolute Gasteiger partial charge is 0.252 e. The summed E-state index contributed by atoms with van der Waals surface area (Å²) >= 11 is 6.00. The van der Waals surface area contributed by atoms with Crippen molar-refractivity contribution in [3.8, 4) is 11.8 Å². The Morgan fingerprint density at radius 3 is 2.66 bits per heavy atom. The predicted molar refractivity (Wildman–Crippen MR) is 110 cm³/mol. The third kappa shape index (κ3) is 3.51. The monoisotopic (exact) mass is 403 g/mol. The van der Waals surface area contributed by atoms with Gasteiger partial charge in [0, 0.05) is 27.7 Å². The van der Waals surface area contributed by atoms with Crippen molar-refractivity contribution < 1.29 is 14.3 Å². The first-order chi connectivity index (χ1) is 14.0. The second-order valence-electron chi connectivity index (χ2n) is 6.49. The molecule has 0 fully saturated rings. The number of aromatic amines is 1. The van der Waals surface area contributed by atoms with Crippen LogP contribution in [0, 0.1) is 11.3 Å². The van der Waals surface area contributed by atoms with Crippen LogP contribution < -0.4 is 10.5 Å². The molecule has 1 amide bonds. The Bertz CT molecular complexity index is 1330. The molecule has 29 heavy (non-hydrogen) atoms. The van der Waals surface area contributed by atoms with Crippen molar-refractivity contribution in [2.75, 3.05) is 6.61 Å². The molecular formula is C22H14ClN3O3. The Morgan fingerprint density at radius 1 is 1.07 bits per heavy atom. The number of carbonyl (C=O) groups excluding carboxylic acids is 2. The summed E-state index contributed by atoms with van der Waals surface area (Å²) in [6.45, 7) is -0.271. The van der Waals surface area contributed by atoms with Crippen LogP contribution in [0.25, 0.3) is 21.7 Å². The molecule has 3 aromatic carbocycles. The number of fused-ring (bicyclic) bond motifs is 2. The molecule has 1 heterocycles. The lowest BCUT2D eigenvalue weighted by atomic mass is 10.1. The van der Waals surface area contributed by atoms with E-state index in [0.29, 0.717) is 27.1 Å². The van der Waals surface area contributed by atoms with E-state index in [0.717, 1.165) is 10.8 Å². The second-order valence-corrected chi connectivity index (χ2v) is 6.93. The average molecular weight is 404 g/mol. The minimum atomic E-state index is -0.662. The van der Waals surface area contributed by atoms with Gasteiger partial charge in [-0.25, -0.2) is 0 Å². The van der Waals surface area contributed by atoms with Crippen molar-refractivity contribution in [3.63, 3.8) is 0 Å². The Labute approximate surface area is 170 Å². The quantitative estimate of drug-likeness (QED) is 0.486. The van der Waals surface area contributed by atoms with Gasteiger partial charge in [0.05, 0.1) is 17.2 Å².